The van der Waals surface area contributed by atoms with Crippen LogP contribution in [0.4, 0.5) is 5.69 Å². The maximum atomic E-state index is 11.8. The van der Waals surface area contributed by atoms with Gasteiger partial charge in [0.05, 0.1) is 12.6 Å². The van der Waals surface area contributed by atoms with E-state index in [1.54, 1.807) is 24.3 Å². The fourth-order valence-corrected chi connectivity index (χ4v) is 2.08. The second-order valence-electron chi connectivity index (χ2n) is 4.67. The summed E-state index contributed by atoms with van der Waals surface area (Å²) in [6, 6.07) is 6.41. The highest BCUT2D eigenvalue weighted by atomic mass is 16.3. The van der Waals surface area contributed by atoms with Crippen molar-refractivity contribution in [1.29, 1.82) is 0 Å². The van der Waals surface area contributed by atoms with E-state index in [2.05, 4.69) is 5.32 Å². The van der Waals surface area contributed by atoms with E-state index in [9.17, 15) is 14.7 Å². The average molecular weight is 263 g/mol. The van der Waals surface area contributed by atoms with E-state index >= 15 is 0 Å². The number of nitrogens with one attached hydrogen (secondary N) is 1. The van der Waals surface area contributed by atoms with E-state index < -0.39 is 5.91 Å². The van der Waals surface area contributed by atoms with Crippen LogP contribution in [-0.2, 0) is 4.79 Å². The number of likely N-dealkylation sites (tertiary alicyclic amines) is 1. The number of primary amides is 1. The lowest BCUT2D eigenvalue weighted by Gasteiger charge is -2.14. The quantitative estimate of drug-likeness (QED) is 0.700. The molecule has 4 N–H and O–H groups in total. The molecule has 1 aliphatic rings. The monoisotopic (exact) mass is 263 g/mol. The molecule has 0 spiro atoms. The highest BCUT2D eigenvalue weighted by Crippen LogP contribution is 2.11. The van der Waals surface area contributed by atoms with Crippen LogP contribution in [0.1, 0.15) is 16.8 Å². The van der Waals surface area contributed by atoms with Gasteiger partial charge in [0.1, 0.15) is 0 Å². The van der Waals surface area contributed by atoms with Crippen LogP contribution in [0.5, 0.6) is 0 Å². The summed E-state index contributed by atoms with van der Waals surface area (Å²) in [6.45, 7) is 1.53. The molecule has 1 aromatic rings. The van der Waals surface area contributed by atoms with Gasteiger partial charge in [-0.05, 0) is 30.7 Å². The molecule has 1 fully saturated rings. The zero-order valence-electron chi connectivity index (χ0n) is 10.5. The molecule has 1 atom stereocenters. The van der Waals surface area contributed by atoms with Crippen molar-refractivity contribution in [2.45, 2.75) is 12.5 Å². The van der Waals surface area contributed by atoms with Gasteiger partial charge in [0, 0.05) is 24.3 Å². The Balaban J connectivity index is 1.86. The number of amides is 2. The van der Waals surface area contributed by atoms with Gasteiger partial charge >= 0.3 is 0 Å². The van der Waals surface area contributed by atoms with Crippen LogP contribution in [0.3, 0.4) is 0 Å². The minimum Gasteiger partial charge on any atom is -0.392 e. The first kappa shape index (κ1) is 13.5. The molecule has 2 amide bonds. The number of anilines is 1. The van der Waals surface area contributed by atoms with E-state index in [1.165, 1.54) is 0 Å². The number of aliphatic hydroxyl groups excluding tert-OH is 1. The third-order valence-corrected chi connectivity index (χ3v) is 3.07. The van der Waals surface area contributed by atoms with Crippen molar-refractivity contribution in [3.63, 3.8) is 0 Å². The molecule has 19 heavy (non-hydrogen) atoms. The maximum Gasteiger partial charge on any atom is 0.248 e. The molecule has 0 saturated carbocycles. The Morgan fingerprint density at radius 2 is 2.05 bits per heavy atom. The lowest BCUT2D eigenvalue weighted by Crippen LogP contribution is -2.32. The standard InChI is InChI=1S/C13H17N3O3/c14-13(19)9-1-3-10(4-2-9)15-12(18)8-16-6-5-11(17)7-16/h1-4,11,17H,5-8H2,(H2,14,19)(H,15,18)/t11-/m1/s1. The molecule has 102 valence electrons. The fraction of sp³-hybridized carbons (Fsp3) is 0.385. The Labute approximate surface area is 111 Å². The first-order valence-corrected chi connectivity index (χ1v) is 6.15. The fourth-order valence-electron chi connectivity index (χ4n) is 2.08. The molecule has 2 rings (SSSR count). The number of nitrogens with two attached hydrogens (primary N) is 1. The third kappa shape index (κ3) is 3.77. The second-order valence-corrected chi connectivity index (χ2v) is 4.67. The topological polar surface area (TPSA) is 95.7 Å². The van der Waals surface area contributed by atoms with Gasteiger partial charge in [-0.2, -0.15) is 0 Å². The number of aliphatic hydroxyl groups is 1. The molecule has 1 heterocycles. The van der Waals surface area contributed by atoms with Crippen molar-refractivity contribution >= 4 is 17.5 Å². The Morgan fingerprint density at radius 3 is 2.58 bits per heavy atom. The van der Waals surface area contributed by atoms with E-state index in [4.69, 9.17) is 5.73 Å². The summed E-state index contributed by atoms with van der Waals surface area (Å²) in [6.07, 6.45) is 0.378. The van der Waals surface area contributed by atoms with Gasteiger partial charge in [-0.15, -0.1) is 0 Å². The van der Waals surface area contributed by atoms with Crippen LogP contribution in [-0.4, -0.2) is 47.6 Å². The number of carbonyl (C=O) groups excluding carboxylic acids is 2. The van der Waals surface area contributed by atoms with Crippen molar-refractivity contribution in [2.75, 3.05) is 25.0 Å². The SMILES string of the molecule is NC(=O)c1ccc(NC(=O)CN2CC[C@@H](O)C2)cc1. The van der Waals surface area contributed by atoms with Gasteiger partial charge in [-0.1, -0.05) is 0 Å². The van der Waals surface area contributed by atoms with Gasteiger partial charge in [-0.3, -0.25) is 14.5 Å². The van der Waals surface area contributed by atoms with Gasteiger partial charge in [0.25, 0.3) is 0 Å². The average Bonchev–Trinajstić information content (AvgIpc) is 2.75. The lowest BCUT2D eigenvalue weighted by atomic mass is 10.2. The van der Waals surface area contributed by atoms with Crippen LogP contribution in [0, 0.1) is 0 Å². The summed E-state index contributed by atoms with van der Waals surface area (Å²) in [5.74, 6) is -0.634. The van der Waals surface area contributed by atoms with Crippen LogP contribution >= 0.6 is 0 Å². The first-order chi connectivity index (χ1) is 9.04. The van der Waals surface area contributed by atoms with Crippen LogP contribution in [0.15, 0.2) is 24.3 Å². The van der Waals surface area contributed by atoms with Crippen LogP contribution < -0.4 is 11.1 Å². The van der Waals surface area contributed by atoms with Gasteiger partial charge < -0.3 is 16.2 Å². The van der Waals surface area contributed by atoms with Gasteiger partial charge in [0.2, 0.25) is 11.8 Å². The number of benzene rings is 1. The van der Waals surface area contributed by atoms with Crippen LogP contribution in [0.25, 0.3) is 0 Å². The summed E-state index contributed by atoms with van der Waals surface area (Å²) >= 11 is 0. The largest absolute Gasteiger partial charge is 0.392 e. The van der Waals surface area contributed by atoms with Crippen molar-refractivity contribution in [3.05, 3.63) is 29.8 Å². The Bertz CT molecular complexity index is 473. The normalized spacial score (nSPS) is 19.3. The third-order valence-electron chi connectivity index (χ3n) is 3.07. The Morgan fingerprint density at radius 1 is 1.37 bits per heavy atom. The predicted molar refractivity (Wildman–Crippen MR) is 70.7 cm³/mol. The summed E-state index contributed by atoms with van der Waals surface area (Å²) in [5, 5.41) is 12.1. The minimum atomic E-state index is -0.496. The number of nitrogens with zero attached hydrogens (tertiary/aromatic N) is 1. The molecular formula is C13H17N3O3. The summed E-state index contributed by atoms with van der Waals surface area (Å²) in [4.78, 5) is 24.6. The van der Waals surface area contributed by atoms with E-state index in [-0.39, 0.29) is 18.6 Å². The Hall–Kier alpha value is -1.92. The number of hydrogen-bond acceptors (Lipinski definition) is 4. The number of rotatable bonds is 4. The molecule has 0 aromatic heterocycles. The summed E-state index contributed by atoms with van der Waals surface area (Å²) in [5.41, 5.74) is 6.15. The molecule has 0 aliphatic carbocycles. The van der Waals surface area contributed by atoms with Crippen molar-refractivity contribution < 1.29 is 14.7 Å². The highest BCUT2D eigenvalue weighted by Gasteiger charge is 2.21. The molecule has 0 bridgehead atoms. The zero-order chi connectivity index (χ0) is 13.8. The number of hydrogen-bond donors (Lipinski definition) is 3. The lowest BCUT2D eigenvalue weighted by molar-refractivity contribution is -0.117. The molecule has 1 aromatic carbocycles. The Kier molecular flexibility index (Phi) is 4.13. The molecule has 6 nitrogen and oxygen atoms in total. The van der Waals surface area contributed by atoms with E-state index in [0.717, 1.165) is 6.54 Å². The summed E-state index contributed by atoms with van der Waals surface area (Å²) < 4.78 is 0. The highest BCUT2D eigenvalue weighted by molar-refractivity contribution is 5.95. The smallest absolute Gasteiger partial charge is 0.248 e. The van der Waals surface area contributed by atoms with Crippen LogP contribution in [0.2, 0.25) is 0 Å². The van der Waals surface area contributed by atoms with Crippen molar-refractivity contribution in [3.8, 4) is 0 Å². The second kappa shape index (κ2) is 5.81. The van der Waals surface area contributed by atoms with E-state index in [0.29, 0.717) is 24.2 Å². The molecule has 0 radical (unpaired) electrons. The maximum absolute atomic E-state index is 11.8. The molecule has 6 heteroatoms. The van der Waals surface area contributed by atoms with E-state index in [1.807, 2.05) is 4.90 Å². The van der Waals surface area contributed by atoms with Gasteiger partial charge in [0.15, 0.2) is 0 Å². The van der Waals surface area contributed by atoms with Crippen molar-refractivity contribution in [1.82, 2.24) is 4.90 Å². The first-order valence-electron chi connectivity index (χ1n) is 6.15. The number of carbonyl (C=O) groups is 2. The summed E-state index contributed by atoms with van der Waals surface area (Å²) in [7, 11) is 0. The predicted octanol–water partition coefficient (Wildman–Crippen LogP) is -0.209. The molecular weight excluding hydrogens is 246 g/mol. The number of β-amino-alcohol motifs (C(OH)–C–C–N with tert-alkyl or cyclic N) is 1. The zero-order valence-corrected chi connectivity index (χ0v) is 10.5. The molecule has 1 saturated heterocycles. The molecule has 0 unspecified atom stereocenters. The van der Waals surface area contributed by atoms with Gasteiger partial charge in [-0.25, -0.2) is 0 Å². The molecule has 1 aliphatic heterocycles. The van der Waals surface area contributed by atoms with Crippen molar-refractivity contribution in [2.24, 2.45) is 5.73 Å². The minimum absolute atomic E-state index is 0.138.